The molecule has 2 aliphatic heterocycles. The topological polar surface area (TPSA) is 42.0 Å². The van der Waals surface area contributed by atoms with E-state index in [0.717, 1.165) is 49.7 Å². The van der Waals surface area contributed by atoms with Crippen LogP contribution in [-0.2, 0) is 20.9 Å². The maximum Gasteiger partial charge on any atom is 0.253 e. The molecule has 0 aliphatic carbocycles. The first-order valence-electron chi connectivity index (χ1n) is 10.1. The van der Waals surface area contributed by atoms with Crippen LogP contribution in [-0.4, -0.2) is 56.8 Å². The van der Waals surface area contributed by atoms with E-state index in [1.54, 1.807) is 11.3 Å². The van der Waals surface area contributed by atoms with Crippen molar-refractivity contribution in [2.75, 3.05) is 50.9 Å². The Morgan fingerprint density at radius 1 is 0.966 bits per heavy atom. The maximum atomic E-state index is 12.8. The van der Waals surface area contributed by atoms with Gasteiger partial charge in [0.15, 0.2) is 0 Å². The third-order valence-electron chi connectivity index (χ3n) is 5.70. The number of rotatable bonds is 4. The molecule has 3 heterocycles. The summed E-state index contributed by atoms with van der Waals surface area (Å²) in [6.45, 7) is 5.50. The summed E-state index contributed by atoms with van der Waals surface area (Å²) >= 11 is 1.76. The van der Waals surface area contributed by atoms with Crippen molar-refractivity contribution in [2.45, 2.75) is 6.61 Å². The fourth-order valence-corrected chi connectivity index (χ4v) is 5.05. The minimum atomic E-state index is 0.0318. The molecule has 1 saturated heterocycles. The summed E-state index contributed by atoms with van der Waals surface area (Å²) < 4.78 is 12.4. The van der Waals surface area contributed by atoms with Crippen molar-refractivity contribution in [1.29, 1.82) is 0 Å². The van der Waals surface area contributed by atoms with Crippen LogP contribution in [0.5, 0.6) is 0 Å². The Kier molecular flexibility index (Phi) is 5.33. The molecule has 0 N–H and O–H groups in total. The SMILES string of the molecule is O=C1COCc2ccc(-c3csc4ccccc34)cc2N1CCN1CCOCC1. The first kappa shape index (κ1) is 18.8. The van der Waals surface area contributed by atoms with Gasteiger partial charge < -0.3 is 14.4 Å². The number of thiophene rings is 1. The number of fused-ring (bicyclic) bond motifs is 2. The van der Waals surface area contributed by atoms with Crippen LogP contribution in [0.2, 0.25) is 0 Å². The number of hydrogen-bond acceptors (Lipinski definition) is 5. The van der Waals surface area contributed by atoms with E-state index in [1.807, 2.05) is 4.90 Å². The van der Waals surface area contributed by atoms with Crippen molar-refractivity contribution in [1.82, 2.24) is 4.90 Å². The highest BCUT2D eigenvalue weighted by molar-refractivity contribution is 7.17. The van der Waals surface area contributed by atoms with Gasteiger partial charge in [-0.1, -0.05) is 30.3 Å². The zero-order valence-corrected chi connectivity index (χ0v) is 17.1. The van der Waals surface area contributed by atoms with Gasteiger partial charge in [-0.3, -0.25) is 9.69 Å². The molecule has 0 bridgehead atoms. The first-order chi connectivity index (χ1) is 14.3. The van der Waals surface area contributed by atoms with E-state index in [-0.39, 0.29) is 12.5 Å². The number of morpholine rings is 1. The normalized spacial score (nSPS) is 18.1. The molecular formula is C23H24N2O3S. The smallest absolute Gasteiger partial charge is 0.253 e. The fraction of sp³-hybridized carbons (Fsp3) is 0.348. The lowest BCUT2D eigenvalue weighted by atomic mass is 10.0. The van der Waals surface area contributed by atoms with Crippen molar-refractivity contribution in [2.24, 2.45) is 0 Å². The Morgan fingerprint density at radius 3 is 2.72 bits per heavy atom. The van der Waals surface area contributed by atoms with E-state index in [9.17, 15) is 4.79 Å². The zero-order chi connectivity index (χ0) is 19.6. The summed E-state index contributed by atoms with van der Waals surface area (Å²) in [6, 6.07) is 14.9. The molecule has 5 rings (SSSR count). The molecule has 2 aliphatic rings. The van der Waals surface area contributed by atoms with Gasteiger partial charge in [-0.15, -0.1) is 11.3 Å². The third kappa shape index (κ3) is 3.81. The third-order valence-corrected chi connectivity index (χ3v) is 6.66. The largest absolute Gasteiger partial charge is 0.379 e. The summed E-state index contributed by atoms with van der Waals surface area (Å²) in [7, 11) is 0. The number of nitrogens with zero attached hydrogens (tertiary/aromatic N) is 2. The molecule has 1 aromatic heterocycles. The lowest BCUT2D eigenvalue weighted by Crippen LogP contribution is -2.43. The van der Waals surface area contributed by atoms with Crippen molar-refractivity contribution in [3.05, 3.63) is 53.4 Å². The van der Waals surface area contributed by atoms with Crippen LogP contribution in [0.25, 0.3) is 21.2 Å². The van der Waals surface area contributed by atoms with Crippen LogP contribution >= 0.6 is 11.3 Å². The Bertz CT molecular complexity index is 1030. The lowest BCUT2D eigenvalue weighted by molar-refractivity contribution is -0.123. The maximum absolute atomic E-state index is 12.8. The average Bonchev–Trinajstić information content (AvgIpc) is 3.12. The molecule has 5 nitrogen and oxygen atoms in total. The van der Waals surface area contributed by atoms with Crippen molar-refractivity contribution >= 4 is 33.0 Å². The van der Waals surface area contributed by atoms with E-state index in [4.69, 9.17) is 9.47 Å². The summed E-state index contributed by atoms with van der Waals surface area (Å²) in [5.41, 5.74) is 4.42. The minimum Gasteiger partial charge on any atom is -0.379 e. The molecule has 0 atom stereocenters. The summed E-state index contributed by atoms with van der Waals surface area (Å²) in [4.78, 5) is 17.1. The summed E-state index contributed by atoms with van der Waals surface area (Å²) in [5.74, 6) is 0.0318. The standard InChI is InChI=1S/C23H24N2O3S/c26-23-15-28-14-18-6-5-17(20-16-29-22-4-2-1-3-19(20)22)13-21(18)25(23)8-7-24-9-11-27-12-10-24/h1-6,13,16H,7-12,14-15H2. The molecule has 0 unspecified atom stereocenters. The summed E-state index contributed by atoms with van der Waals surface area (Å²) in [6.07, 6.45) is 0. The van der Waals surface area contributed by atoms with Crippen LogP contribution in [0.1, 0.15) is 5.56 Å². The number of carbonyl (C=O) groups excluding carboxylic acids is 1. The van der Waals surface area contributed by atoms with Gasteiger partial charge in [0.05, 0.1) is 19.8 Å². The number of hydrogen-bond donors (Lipinski definition) is 0. The Morgan fingerprint density at radius 2 is 1.83 bits per heavy atom. The second-order valence-corrected chi connectivity index (χ2v) is 8.39. The van der Waals surface area contributed by atoms with Crippen molar-refractivity contribution in [3.8, 4) is 11.1 Å². The molecule has 3 aromatic rings. The molecule has 29 heavy (non-hydrogen) atoms. The molecular weight excluding hydrogens is 384 g/mol. The van der Waals surface area contributed by atoms with Gasteiger partial charge >= 0.3 is 0 Å². The van der Waals surface area contributed by atoms with Gasteiger partial charge in [0.1, 0.15) is 6.61 Å². The number of carbonyl (C=O) groups is 1. The van der Waals surface area contributed by atoms with E-state index in [0.29, 0.717) is 13.2 Å². The van der Waals surface area contributed by atoms with Gasteiger partial charge in [0.2, 0.25) is 0 Å². The Balaban J connectivity index is 1.48. The highest BCUT2D eigenvalue weighted by Gasteiger charge is 2.24. The average molecular weight is 409 g/mol. The van der Waals surface area contributed by atoms with Gasteiger partial charge in [0.25, 0.3) is 5.91 Å². The fourth-order valence-electron chi connectivity index (χ4n) is 4.08. The molecule has 1 amide bonds. The predicted molar refractivity (Wildman–Crippen MR) is 117 cm³/mol. The second-order valence-electron chi connectivity index (χ2n) is 7.48. The van der Waals surface area contributed by atoms with Crippen LogP contribution in [0.15, 0.2) is 47.8 Å². The Hall–Kier alpha value is -2.25. The minimum absolute atomic E-state index is 0.0318. The highest BCUT2D eigenvalue weighted by atomic mass is 32.1. The quantitative estimate of drug-likeness (QED) is 0.659. The summed E-state index contributed by atoms with van der Waals surface area (Å²) in [5, 5.41) is 3.47. The van der Waals surface area contributed by atoms with Crippen LogP contribution < -0.4 is 4.90 Å². The van der Waals surface area contributed by atoms with E-state index < -0.39 is 0 Å². The number of anilines is 1. The van der Waals surface area contributed by atoms with Crippen molar-refractivity contribution < 1.29 is 14.3 Å². The van der Waals surface area contributed by atoms with Gasteiger partial charge in [-0.05, 0) is 23.1 Å². The predicted octanol–water partition coefficient (Wildman–Crippen LogP) is 3.76. The van der Waals surface area contributed by atoms with Gasteiger partial charge in [-0.25, -0.2) is 0 Å². The molecule has 0 spiro atoms. The van der Waals surface area contributed by atoms with Crippen LogP contribution in [0.4, 0.5) is 5.69 Å². The number of benzene rings is 2. The van der Waals surface area contributed by atoms with Crippen molar-refractivity contribution in [3.63, 3.8) is 0 Å². The molecule has 2 aromatic carbocycles. The molecule has 6 heteroatoms. The number of amides is 1. The molecule has 0 radical (unpaired) electrons. The van der Waals surface area contributed by atoms with Crippen LogP contribution in [0.3, 0.4) is 0 Å². The second kappa shape index (κ2) is 8.24. The Labute approximate surface area is 174 Å². The van der Waals surface area contributed by atoms with E-state index >= 15 is 0 Å². The number of ether oxygens (including phenoxy) is 2. The first-order valence-corrected chi connectivity index (χ1v) is 11.0. The van der Waals surface area contributed by atoms with Gasteiger partial charge in [0, 0.05) is 53.1 Å². The van der Waals surface area contributed by atoms with Gasteiger partial charge in [-0.2, -0.15) is 0 Å². The van der Waals surface area contributed by atoms with E-state index in [1.165, 1.54) is 15.6 Å². The van der Waals surface area contributed by atoms with E-state index in [2.05, 4.69) is 52.7 Å². The van der Waals surface area contributed by atoms with Crippen LogP contribution in [0, 0.1) is 0 Å². The zero-order valence-electron chi connectivity index (χ0n) is 16.3. The molecule has 1 fully saturated rings. The molecule has 0 saturated carbocycles. The highest BCUT2D eigenvalue weighted by Crippen LogP contribution is 2.37. The monoisotopic (exact) mass is 408 g/mol. The lowest BCUT2D eigenvalue weighted by Gasteiger charge is -2.30. The molecule has 150 valence electrons.